The highest BCUT2D eigenvalue weighted by atomic mass is 32.2. The molecule has 0 spiro atoms. The van der Waals surface area contributed by atoms with Gasteiger partial charge in [-0.1, -0.05) is 13.0 Å². The van der Waals surface area contributed by atoms with Crippen molar-refractivity contribution in [2.24, 2.45) is 0 Å². The minimum atomic E-state index is -3.11. The van der Waals surface area contributed by atoms with Crippen LogP contribution in [0.15, 0.2) is 27.4 Å². The predicted molar refractivity (Wildman–Crippen MR) is 82.3 cm³/mol. The van der Waals surface area contributed by atoms with E-state index in [0.717, 1.165) is 17.5 Å². The van der Waals surface area contributed by atoms with Gasteiger partial charge in [-0.15, -0.1) is 0 Å². The molecule has 1 N–H and O–H groups in total. The number of benzene rings is 1. The Kier molecular flexibility index (Phi) is 4.53. The number of hydrogen-bond donors (Lipinski definition) is 1. The number of oxazole rings is 1. The van der Waals surface area contributed by atoms with E-state index in [4.69, 9.17) is 4.42 Å². The summed E-state index contributed by atoms with van der Waals surface area (Å²) in [7, 11) is -1.40. The van der Waals surface area contributed by atoms with Gasteiger partial charge in [-0.3, -0.25) is 4.57 Å². The van der Waals surface area contributed by atoms with Crippen molar-refractivity contribution in [3.8, 4) is 0 Å². The standard InChI is InChI=1S/C14H20N2O4S/c1-4-7-16-12-6-5-10(8-13(12)20-14(16)17)11(15-2)9-21(3,18)19/h5-6,8,11,15H,4,7,9H2,1-3H3. The molecular formula is C14H20N2O4S. The van der Waals surface area contributed by atoms with Crippen molar-refractivity contribution in [1.29, 1.82) is 0 Å². The fourth-order valence-electron chi connectivity index (χ4n) is 2.38. The average Bonchev–Trinajstić information content (AvgIpc) is 2.71. The number of sulfone groups is 1. The second-order valence-electron chi connectivity index (χ2n) is 5.18. The van der Waals surface area contributed by atoms with Gasteiger partial charge in [0, 0.05) is 18.8 Å². The van der Waals surface area contributed by atoms with Crippen molar-refractivity contribution in [1.82, 2.24) is 9.88 Å². The summed E-state index contributed by atoms with van der Waals surface area (Å²) in [6, 6.07) is 5.03. The van der Waals surface area contributed by atoms with Crippen LogP contribution in [0, 0.1) is 0 Å². The van der Waals surface area contributed by atoms with E-state index < -0.39 is 9.84 Å². The normalized spacial score (nSPS) is 13.7. The Morgan fingerprint density at radius 3 is 2.67 bits per heavy atom. The van der Waals surface area contributed by atoms with Crippen LogP contribution in [0.4, 0.5) is 0 Å². The van der Waals surface area contributed by atoms with Gasteiger partial charge in [0.05, 0.1) is 11.3 Å². The molecule has 116 valence electrons. The molecule has 0 fully saturated rings. The largest absolute Gasteiger partial charge is 0.419 e. The van der Waals surface area contributed by atoms with E-state index >= 15 is 0 Å². The predicted octanol–water partition coefficient (Wildman–Crippen LogP) is 1.31. The lowest BCUT2D eigenvalue weighted by molar-refractivity contribution is 0.502. The molecule has 6 nitrogen and oxygen atoms in total. The summed E-state index contributed by atoms with van der Waals surface area (Å²) in [5.74, 6) is -0.386. The molecule has 0 saturated heterocycles. The highest BCUT2D eigenvalue weighted by Gasteiger charge is 2.17. The molecule has 0 radical (unpaired) electrons. The molecule has 1 heterocycles. The van der Waals surface area contributed by atoms with Crippen LogP contribution in [0.1, 0.15) is 24.9 Å². The first-order valence-corrected chi connectivity index (χ1v) is 8.90. The molecule has 2 aromatic rings. The molecule has 2 rings (SSSR count). The van der Waals surface area contributed by atoms with Crippen LogP contribution in [-0.2, 0) is 16.4 Å². The molecule has 1 unspecified atom stereocenters. The number of nitrogens with one attached hydrogen (secondary N) is 1. The Balaban J connectivity index is 2.45. The first-order valence-electron chi connectivity index (χ1n) is 6.84. The third-order valence-electron chi connectivity index (χ3n) is 3.36. The van der Waals surface area contributed by atoms with Gasteiger partial charge in [0.1, 0.15) is 9.84 Å². The minimum absolute atomic E-state index is 0.00505. The maximum absolute atomic E-state index is 11.8. The number of aryl methyl sites for hydroxylation is 1. The highest BCUT2D eigenvalue weighted by Crippen LogP contribution is 2.21. The van der Waals surface area contributed by atoms with E-state index in [1.807, 2.05) is 13.0 Å². The lowest BCUT2D eigenvalue weighted by Gasteiger charge is -2.15. The Morgan fingerprint density at radius 1 is 1.38 bits per heavy atom. The van der Waals surface area contributed by atoms with Crippen molar-refractivity contribution in [2.75, 3.05) is 19.1 Å². The minimum Gasteiger partial charge on any atom is -0.408 e. The summed E-state index contributed by atoms with van der Waals surface area (Å²) >= 11 is 0. The van der Waals surface area contributed by atoms with Crippen molar-refractivity contribution >= 4 is 20.9 Å². The van der Waals surface area contributed by atoms with Crippen molar-refractivity contribution in [2.45, 2.75) is 25.9 Å². The van der Waals surface area contributed by atoms with Gasteiger partial charge in [0.15, 0.2) is 5.58 Å². The van der Waals surface area contributed by atoms with E-state index in [0.29, 0.717) is 12.1 Å². The Hall–Kier alpha value is -1.60. The van der Waals surface area contributed by atoms with Crippen molar-refractivity contribution < 1.29 is 12.8 Å². The monoisotopic (exact) mass is 312 g/mol. The van der Waals surface area contributed by atoms with Crippen molar-refractivity contribution in [3.05, 3.63) is 34.3 Å². The zero-order chi connectivity index (χ0) is 15.6. The molecule has 1 aromatic carbocycles. The molecule has 0 aliphatic carbocycles. The van der Waals surface area contributed by atoms with Gasteiger partial charge in [-0.25, -0.2) is 13.2 Å². The summed E-state index contributed by atoms with van der Waals surface area (Å²) in [5.41, 5.74) is 2.01. The molecule has 7 heteroatoms. The summed E-state index contributed by atoms with van der Waals surface area (Å²) in [6.45, 7) is 2.59. The molecule has 0 aliphatic rings. The van der Waals surface area contributed by atoms with Gasteiger partial charge in [-0.05, 0) is 31.2 Å². The summed E-state index contributed by atoms with van der Waals surface area (Å²) in [4.78, 5) is 11.8. The fraction of sp³-hybridized carbons (Fsp3) is 0.500. The number of rotatable bonds is 6. The maximum Gasteiger partial charge on any atom is 0.419 e. The number of nitrogens with zero attached hydrogens (tertiary/aromatic N) is 1. The van der Waals surface area contributed by atoms with Gasteiger partial charge >= 0.3 is 5.76 Å². The van der Waals surface area contributed by atoms with Crippen LogP contribution in [0.5, 0.6) is 0 Å². The molecule has 0 amide bonds. The van der Waals surface area contributed by atoms with Crippen LogP contribution >= 0.6 is 0 Å². The van der Waals surface area contributed by atoms with Crippen LogP contribution in [0.3, 0.4) is 0 Å². The fourth-order valence-corrected chi connectivity index (χ4v) is 3.35. The first-order chi connectivity index (χ1) is 9.85. The summed E-state index contributed by atoms with van der Waals surface area (Å²) < 4.78 is 29.8. The van der Waals surface area contributed by atoms with Crippen LogP contribution in [-0.4, -0.2) is 32.0 Å². The van der Waals surface area contributed by atoms with Gasteiger partial charge < -0.3 is 9.73 Å². The molecule has 1 atom stereocenters. The van der Waals surface area contributed by atoms with Crippen LogP contribution < -0.4 is 11.1 Å². The Morgan fingerprint density at radius 2 is 2.10 bits per heavy atom. The molecule has 1 aromatic heterocycles. The van der Waals surface area contributed by atoms with Crippen molar-refractivity contribution in [3.63, 3.8) is 0 Å². The number of fused-ring (bicyclic) bond motifs is 1. The third-order valence-corrected chi connectivity index (χ3v) is 4.30. The molecule has 0 bridgehead atoms. The smallest absolute Gasteiger partial charge is 0.408 e. The van der Waals surface area contributed by atoms with E-state index in [9.17, 15) is 13.2 Å². The number of hydrogen-bond acceptors (Lipinski definition) is 5. The van der Waals surface area contributed by atoms with E-state index in [-0.39, 0.29) is 17.6 Å². The first kappa shape index (κ1) is 15.8. The Labute approximate surface area is 123 Å². The van der Waals surface area contributed by atoms with Crippen LogP contribution in [0.2, 0.25) is 0 Å². The van der Waals surface area contributed by atoms with Gasteiger partial charge in [-0.2, -0.15) is 0 Å². The quantitative estimate of drug-likeness (QED) is 0.870. The zero-order valence-corrected chi connectivity index (χ0v) is 13.2. The molecular weight excluding hydrogens is 292 g/mol. The maximum atomic E-state index is 11.8. The molecule has 21 heavy (non-hydrogen) atoms. The molecule has 0 saturated carbocycles. The molecule has 0 aliphatic heterocycles. The second kappa shape index (κ2) is 6.03. The SMILES string of the molecule is CCCn1c(=O)oc2cc(C(CS(C)(=O)=O)NC)ccc21. The second-order valence-corrected chi connectivity index (χ2v) is 7.37. The third kappa shape index (κ3) is 3.54. The average molecular weight is 312 g/mol. The summed E-state index contributed by atoms with van der Waals surface area (Å²) in [5, 5.41) is 2.98. The lowest BCUT2D eigenvalue weighted by Crippen LogP contribution is -2.24. The zero-order valence-electron chi connectivity index (χ0n) is 12.4. The Bertz CT molecular complexity index is 789. The van der Waals surface area contributed by atoms with Crippen LogP contribution in [0.25, 0.3) is 11.1 Å². The number of aromatic nitrogens is 1. The van der Waals surface area contributed by atoms with E-state index in [1.165, 1.54) is 6.26 Å². The van der Waals surface area contributed by atoms with E-state index in [2.05, 4.69) is 5.32 Å². The lowest BCUT2D eigenvalue weighted by atomic mass is 10.1. The van der Waals surface area contributed by atoms with Gasteiger partial charge in [0.2, 0.25) is 0 Å². The van der Waals surface area contributed by atoms with E-state index in [1.54, 1.807) is 23.7 Å². The topological polar surface area (TPSA) is 81.3 Å². The highest BCUT2D eigenvalue weighted by molar-refractivity contribution is 7.90. The van der Waals surface area contributed by atoms with Gasteiger partial charge in [0.25, 0.3) is 0 Å². The summed E-state index contributed by atoms with van der Waals surface area (Å²) in [6.07, 6.45) is 2.04.